The van der Waals surface area contributed by atoms with Crippen molar-refractivity contribution >= 4 is 34.4 Å². The van der Waals surface area contributed by atoms with Crippen molar-refractivity contribution in [2.45, 2.75) is 53.1 Å². The third-order valence-corrected chi connectivity index (χ3v) is 8.43. The number of piperazine rings is 1. The van der Waals surface area contributed by atoms with Gasteiger partial charge < -0.3 is 40.4 Å². The number of anilines is 1. The molecule has 1 atom stereocenters. The summed E-state index contributed by atoms with van der Waals surface area (Å²) in [5, 5.41) is 10.1. The third-order valence-electron chi connectivity index (χ3n) is 8.20. The van der Waals surface area contributed by atoms with Crippen LogP contribution in [0.25, 0.3) is 11.0 Å². The molecular formula is C35H40ClCrFN7O4-. The van der Waals surface area contributed by atoms with E-state index in [9.17, 15) is 14.3 Å². The van der Waals surface area contributed by atoms with Crippen LogP contribution in [-0.4, -0.2) is 72.8 Å². The minimum Gasteiger partial charge on any atom is -0.494 e. The van der Waals surface area contributed by atoms with Gasteiger partial charge in [0.25, 0.3) is 0 Å². The van der Waals surface area contributed by atoms with Gasteiger partial charge in [-0.3, -0.25) is 0 Å². The average Bonchev–Trinajstić information content (AvgIpc) is 3.69. The summed E-state index contributed by atoms with van der Waals surface area (Å²) in [7, 11) is 1.51. The second-order valence-corrected chi connectivity index (χ2v) is 11.5. The molecule has 3 aromatic heterocycles. The molecule has 0 bridgehead atoms. The van der Waals surface area contributed by atoms with Gasteiger partial charge in [0.15, 0.2) is 0 Å². The number of rotatable bonds is 11. The number of nitrogens with zero attached hydrogens (tertiary/aromatic N) is 7. The van der Waals surface area contributed by atoms with E-state index in [1.54, 1.807) is 30.6 Å². The van der Waals surface area contributed by atoms with Crippen LogP contribution in [0, 0.1) is 12.7 Å². The van der Waals surface area contributed by atoms with Crippen molar-refractivity contribution in [3.05, 3.63) is 101 Å². The molecule has 1 unspecified atom stereocenters. The third kappa shape index (κ3) is 8.54. The van der Waals surface area contributed by atoms with E-state index in [1.165, 1.54) is 19.2 Å². The van der Waals surface area contributed by atoms with Gasteiger partial charge in [-0.15, -0.1) is 0 Å². The number of methoxy groups -OCH3 is 1. The van der Waals surface area contributed by atoms with E-state index in [4.69, 9.17) is 26.1 Å². The van der Waals surface area contributed by atoms with Crippen LogP contribution in [0.4, 0.5) is 10.2 Å². The monoisotopic (exact) mass is 728 g/mol. The predicted molar refractivity (Wildman–Crippen MR) is 183 cm³/mol. The summed E-state index contributed by atoms with van der Waals surface area (Å²) in [4.78, 5) is 30.3. The number of aryl methyl sites for hydroxylation is 1. The van der Waals surface area contributed by atoms with E-state index in [0.717, 1.165) is 23.9 Å². The van der Waals surface area contributed by atoms with Crippen LogP contribution in [0.3, 0.4) is 0 Å². The van der Waals surface area contributed by atoms with Gasteiger partial charge >= 0.3 is 5.97 Å². The summed E-state index contributed by atoms with van der Waals surface area (Å²) in [6, 6.07) is 13.1. The Balaban J connectivity index is 0.00000177. The molecule has 5 aromatic rings. The van der Waals surface area contributed by atoms with E-state index in [-0.39, 0.29) is 35.6 Å². The number of ether oxygens (including phenoxy) is 2. The standard InChI is InChI=1S/C33H34ClFN7O4.C2H6.Cr/c1-4-39-20-36-15-25(39)17-42-27-12-23(33(43)44)13-28(45-3)32(27)38-30(42)18-40-10-11-41(16-21(40)2)29-6-5-7-31(37-29)46-19-22-8-9-24(34)14-26(22)35;1-2;/h5-9,12-15,20-21H,2,4,10-11,16-19H2,1,3H3,(H,43,44);1-2H3;/q-1;;. The van der Waals surface area contributed by atoms with Gasteiger partial charge in [0.1, 0.15) is 35.3 Å². The van der Waals surface area contributed by atoms with Crippen LogP contribution in [0.5, 0.6) is 11.6 Å². The Bertz CT molecular complexity index is 1880. The molecule has 0 amide bonds. The first kappa shape index (κ1) is 37.7. The predicted octanol–water partition coefficient (Wildman–Crippen LogP) is 6.32. The minimum absolute atomic E-state index is 0. The number of halogens is 2. The summed E-state index contributed by atoms with van der Waals surface area (Å²) in [6.07, 6.45) is 3.60. The zero-order chi connectivity index (χ0) is 34.4. The van der Waals surface area contributed by atoms with Gasteiger partial charge in [0.2, 0.25) is 5.88 Å². The molecule has 1 saturated heterocycles. The first-order chi connectivity index (χ1) is 23.2. The maximum atomic E-state index is 14.2. The van der Waals surface area contributed by atoms with Crippen molar-refractivity contribution in [2.24, 2.45) is 0 Å². The van der Waals surface area contributed by atoms with Crippen LogP contribution in [0.1, 0.15) is 48.2 Å². The number of imidazole rings is 2. The van der Waals surface area contributed by atoms with Gasteiger partial charge in [-0.25, -0.2) is 19.2 Å². The molecule has 1 N–H and O–H groups in total. The van der Waals surface area contributed by atoms with Crippen LogP contribution in [0.2, 0.25) is 5.02 Å². The summed E-state index contributed by atoms with van der Waals surface area (Å²) in [5.41, 5.74) is 2.77. The number of benzene rings is 2. The minimum atomic E-state index is -1.04. The zero-order valence-corrected chi connectivity index (χ0v) is 30.0. The Morgan fingerprint density at radius 1 is 1.12 bits per heavy atom. The van der Waals surface area contributed by atoms with E-state index < -0.39 is 11.8 Å². The zero-order valence-electron chi connectivity index (χ0n) is 28.0. The average molecular weight is 729 g/mol. The molecule has 11 nitrogen and oxygen atoms in total. The molecule has 49 heavy (non-hydrogen) atoms. The largest absolute Gasteiger partial charge is 0.494 e. The van der Waals surface area contributed by atoms with Gasteiger partial charge in [0, 0.05) is 66.4 Å². The van der Waals surface area contributed by atoms with Crippen molar-refractivity contribution in [2.75, 3.05) is 31.6 Å². The van der Waals surface area contributed by atoms with E-state index in [0.29, 0.717) is 66.0 Å². The number of aromatic carboxylic acids is 1. The number of aromatic nitrogens is 5. The van der Waals surface area contributed by atoms with Gasteiger partial charge in [0.05, 0.1) is 43.3 Å². The molecule has 0 radical (unpaired) electrons. The summed E-state index contributed by atoms with van der Waals surface area (Å²) < 4.78 is 29.7. The van der Waals surface area contributed by atoms with Crippen LogP contribution < -0.4 is 14.4 Å². The molecule has 260 valence electrons. The quantitative estimate of drug-likeness (QED) is 0.156. The molecule has 4 heterocycles. The molecule has 1 aliphatic rings. The Morgan fingerprint density at radius 2 is 1.92 bits per heavy atom. The molecule has 1 aliphatic heterocycles. The fourth-order valence-corrected chi connectivity index (χ4v) is 5.84. The molecule has 0 aliphatic carbocycles. The molecule has 2 aromatic carbocycles. The Hall–Kier alpha value is -4.15. The molecule has 1 fully saturated rings. The number of fused-ring (bicyclic) bond motifs is 1. The second kappa shape index (κ2) is 17.0. The number of carbonyl (C=O) groups is 1. The Morgan fingerprint density at radius 3 is 2.61 bits per heavy atom. The smallest absolute Gasteiger partial charge is 0.335 e. The normalized spacial score (nSPS) is 14.6. The van der Waals surface area contributed by atoms with E-state index in [1.807, 2.05) is 48.2 Å². The van der Waals surface area contributed by atoms with Gasteiger partial charge in [-0.1, -0.05) is 43.6 Å². The van der Waals surface area contributed by atoms with Crippen LogP contribution in [-0.2, 0) is 43.6 Å². The number of pyridine rings is 1. The molecule has 0 spiro atoms. The van der Waals surface area contributed by atoms with E-state index >= 15 is 0 Å². The number of carboxylic acid groups (broad SMARTS) is 1. The summed E-state index contributed by atoms with van der Waals surface area (Å²) in [5.74, 6) is 0.844. The van der Waals surface area contributed by atoms with Crippen LogP contribution >= 0.6 is 11.6 Å². The van der Waals surface area contributed by atoms with Crippen LogP contribution in [0.15, 0.2) is 61.1 Å². The molecule has 0 saturated carbocycles. The fourth-order valence-electron chi connectivity index (χ4n) is 5.68. The molecular weight excluding hydrogens is 689 g/mol. The molecule has 6 rings (SSSR count). The van der Waals surface area contributed by atoms with Crippen molar-refractivity contribution in [1.29, 1.82) is 0 Å². The second-order valence-electron chi connectivity index (χ2n) is 11.1. The van der Waals surface area contributed by atoms with Gasteiger partial charge in [-0.2, -0.15) is 4.98 Å². The summed E-state index contributed by atoms with van der Waals surface area (Å²) >= 11 is 5.86. The van der Waals surface area contributed by atoms with E-state index in [2.05, 4.69) is 26.7 Å². The Labute approximate surface area is 301 Å². The summed E-state index contributed by atoms with van der Waals surface area (Å²) in [6.45, 7) is 14.2. The maximum Gasteiger partial charge on any atom is 0.335 e. The Kier molecular flexibility index (Phi) is 13.1. The fraction of sp³-hybridized carbons (Fsp3) is 0.343. The number of carboxylic acids is 1. The van der Waals surface area contributed by atoms with Gasteiger partial charge in [-0.05, 0) is 37.3 Å². The van der Waals surface area contributed by atoms with Crippen molar-refractivity contribution < 1.29 is 41.1 Å². The van der Waals surface area contributed by atoms with Crippen molar-refractivity contribution in [3.63, 3.8) is 0 Å². The van der Waals surface area contributed by atoms with Crippen molar-refractivity contribution in [1.82, 2.24) is 29.0 Å². The first-order valence-electron chi connectivity index (χ1n) is 15.9. The number of hydrogen-bond donors (Lipinski definition) is 1. The molecule has 14 heteroatoms. The maximum absolute atomic E-state index is 14.2. The van der Waals surface area contributed by atoms with Crippen molar-refractivity contribution in [3.8, 4) is 11.6 Å². The number of hydrogen-bond acceptors (Lipinski definition) is 8. The topological polar surface area (TPSA) is 111 Å². The first-order valence-corrected chi connectivity index (χ1v) is 16.3. The SMILES string of the molecule is CC.[CH2-]C1CN(c2cccc(OCc3ccc(Cl)cc3F)n2)CCN1Cc1nc2c(OC)cc(C(=O)O)cc2n1Cc1cncn1CC.[Cr].